The number of nitrogens with one attached hydrogen (secondary N) is 1. The average molecular weight is 384 g/mol. The monoisotopic (exact) mass is 384 g/mol. The summed E-state index contributed by atoms with van der Waals surface area (Å²) < 4.78 is 10.7. The van der Waals surface area contributed by atoms with Gasteiger partial charge in [-0.25, -0.2) is 0 Å². The number of piperidine rings is 1. The molecule has 0 spiro atoms. The molecule has 7 heteroatoms. The Morgan fingerprint density at radius 2 is 1.64 bits per heavy atom. The molecule has 2 aromatic rings. The summed E-state index contributed by atoms with van der Waals surface area (Å²) in [5.74, 6) is 0.630. The smallest absolute Gasteiger partial charge is 0.261 e. The van der Waals surface area contributed by atoms with E-state index >= 15 is 0 Å². The molecule has 2 aromatic carbocycles. The van der Waals surface area contributed by atoms with Gasteiger partial charge in [-0.2, -0.15) is 0 Å². The third-order valence-electron chi connectivity index (χ3n) is 4.87. The van der Waals surface area contributed by atoms with Crippen molar-refractivity contribution in [2.45, 2.75) is 18.9 Å². The number of phenolic OH excluding ortho intramolecular Hbond substituents is 1. The Morgan fingerprint density at radius 3 is 2.21 bits per heavy atom. The van der Waals surface area contributed by atoms with Crippen LogP contribution < -0.4 is 14.8 Å². The molecule has 1 fully saturated rings. The van der Waals surface area contributed by atoms with Crippen LogP contribution in [-0.4, -0.2) is 55.2 Å². The average Bonchev–Trinajstić information content (AvgIpc) is 2.73. The summed E-state index contributed by atoms with van der Waals surface area (Å²) in [5, 5.41) is 12.5. The quantitative estimate of drug-likeness (QED) is 0.827. The van der Waals surface area contributed by atoms with Crippen LogP contribution in [0, 0.1) is 0 Å². The largest absolute Gasteiger partial charge is 0.508 e. The van der Waals surface area contributed by atoms with Crippen molar-refractivity contribution in [1.82, 2.24) is 10.2 Å². The van der Waals surface area contributed by atoms with E-state index in [1.807, 2.05) is 0 Å². The van der Waals surface area contributed by atoms with Gasteiger partial charge in [0.2, 0.25) is 0 Å². The lowest BCUT2D eigenvalue weighted by Crippen LogP contribution is -2.46. The Labute approximate surface area is 163 Å². The van der Waals surface area contributed by atoms with Crippen LogP contribution >= 0.6 is 0 Å². The Bertz CT molecular complexity index is 837. The molecule has 0 aliphatic carbocycles. The number of hydrogen-bond acceptors (Lipinski definition) is 5. The topological polar surface area (TPSA) is 88.1 Å². The molecular weight excluding hydrogens is 360 g/mol. The second-order valence-corrected chi connectivity index (χ2v) is 6.63. The maximum atomic E-state index is 13.0. The van der Waals surface area contributed by atoms with E-state index in [1.54, 1.807) is 35.2 Å². The lowest BCUT2D eigenvalue weighted by atomic mass is 10.0. The number of aromatic hydroxyl groups is 1. The number of methoxy groups -OCH3 is 2. The van der Waals surface area contributed by atoms with E-state index in [2.05, 4.69) is 5.32 Å². The van der Waals surface area contributed by atoms with Gasteiger partial charge in [0.1, 0.15) is 22.8 Å². The van der Waals surface area contributed by atoms with E-state index in [9.17, 15) is 14.7 Å². The van der Waals surface area contributed by atoms with E-state index in [0.717, 1.165) is 0 Å². The summed E-state index contributed by atoms with van der Waals surface area (Å²) in [6.07, 6.45) is 1.29. The molecule has 1 saturated heterocycles. The molecule has 3 rings (SSSR count). The van der Waals surface area contributed by atoms with Crippen LogP contribution in [0.5, 0.6) is 17.2 Å². The van der Waals surface area contributed by atoms with Crippen molar-refractivity contribution >= 4 is 11.8 Å². The third-order valence-corrected chi connectivity index (χ3v) is 4.87. The standard InChI is InChI=1S/C21H24N2O5/c1-27-17-7-4-8-18(28-2)19(17)21(26)23-11-9-15(10-12-23)22-20(25)14-5-3-6-16(24)13-14/h3-8,13,15,24H,9-12H2,1-2H3,(H,22,25). The molecule has 2 amide bonds. The fourth-order valence-corrected chi connectivity index (χ4v) is 3.36. The Hall–Kier alpha value is -3.22. The Kier molecular flexibility index (Phi) is 6.03. The van der Waals surface area contributed by atoms with Crippen LogP contribution in [0.4, 0.5) is 0 Å². The first-order valence-corrected chi connectivity index (χ1v) is 9.13. The van der Waals surface area contributed by atoms with Gasteiger partial charge in [-0.15, -0.1) is 0 Å². The zero-order chi connectivity index (χ0) is 20.1. The molecule has 0 bridgehead atoms. The van der Waals surface area contributed by atoms with E-state index < -0.39 is 0 Å². The molecule has 1 aliphatic rings. The summed E-state index contributed by atoms with van der Waals surface area (Å²) in [6, 6.07) is 11.5. The van der Waals surface area contributed by atoms with Gasteiger partial charge in [0, 0.05) is 24.7 Å². The summed E-state index contributed by atoms with van der Waals surface area (Å²) >= 11 is 0. The van der Waals surface area contributed by atoms with E-state index in [4.69, 9.17) is 9.47 Å². The third kappa shape index (κ3) is 4.19. The number of carbonyl (C=O) groups is 2. The molecule has 0 atom stereocenters. The van der Waals surface area contributed by atoms with Crippen molar-refractivity contribution in [3.63, 3.8) is 0 Å². The fourth-order valence-electron chi connectivity index (χ4n) is 3.36. The molecule has 0 unspecified atom stereocenters. The summed E-state index contributed by atoms with van der Waals surface area (Å²) in [5.41, 5.74) is 0.826. The van der Waals surface area contributed by atoms with E-state index in [0.29, 0.717) is 48.6 Å². The minimum absolute atomic E-state index is 0.0292. The maximum Gasteiger partial charge on any atom is 0.261 e. The van der Waals surface area contributed by atoms with Crippen LogP contribution in [0.15, 0.2) is 42.5 Å². The predicted octanol–water partition coefficient (Wildman–Crippen LogP) is 2.44. The second kappa shape index (κ2) is 8.65. The molecule has 7 nitrogen and oxygen atoms in total. The van der Waals surface area contributed by atoms with Gasteiger partial charge in [-0.05, 0) is 43.2 Å². The van der Waals surface area contributed by atoms with Crippen molar-refractivity contribution in [2.24, 2.45) is 0 Å². The number of hydrogen-bond donors (Lipinski definition) is 2. The van der Waals surface area contributed by atoms with Crippen molar-refractivity contribution in [3.05, 3.63) is 53.6 Å². The van der Waals surface area contributed by atoms with Gasteiger partial charge in [0.25, 0.3) is 11.8 Å². The van der Waals surface area contributed by atoms with Crippen molar-refractivity contribution in [1.29, 1.82) is 0 Å². The van der Waals surface area contributed by atoms with E-state index in [1.165, 1.54) is 26.4 Å². The molecular formula is C21H24N2O5. The highest BCUT2D eigenvalue weighted by atomic mass is 16.5. The highest BCUT2D eigenvalue weighted by molar-refractivity contribution is 6.00. The van der Waals surface area contributed by atoms with E-state index in [-0.39, 0.29) is 23.6 Å². The van der Waals surface area contributed by atoms with Crippen LogP contribution in [-0.2, 0) is 0 Å². The molecule has 1 aliphatic heterocycles. The molecule has 1 heterocycles. The number of rotatable bonds is 5. The van der Waals surface area contributed by atoms with Crippen molar-refractivity contribution in [2.75, 3.05) is 27.3 Å². The number of benzene rings is 2. The summed E-state index contributed by atoms with van der Waals surface area (Å²) in [6.45, 7) is 1.04. The van der Waals surface area contributed by atoms with Gasteiger partial charge in [0.05, 0.1) is 14.2 Å². The zero-order valence-electron chi connectivity index (χ0n) is 16.0. The molecule has 0 radical (unpaired) electrons. The van der Waals surface area contributed by atoms with Gasteiger partial charge < -0.3 is 24.8 Å². The number of likely N-dealkylation sites (tertiary alicyclic amines) is 1. The van der Waals surface area contributed by atoms with Gasteiger partial charge >= 0.3 is 0 Å². The molecule has 0 aromatic heterocycles. The maximum absolute atomic E-state index is 13.0. The summed E-state index contributed by atoms with van der Waals surface area (Å²) in [7, 11) is 3.05. The van der Waals surface area contributed by atoms with Crippen LogP contribution in [0.25, 0.3) is 0 Å². The molecule has 2 N–H and O–H groups in total. The number of nitrogens with zero attached hydrogens (tertiary/aromatic N) is 1. The minimum Gasteiger partial charge on any atom is -0.508 e. The number of carbonyl (C=O) groups excluding carboxylic acids is 2. The lowest BCUT2D eigenvalue weighted by molar-refractivity contribution is 0.0691. The minimum atomic E-state index is -0.230. The normalized spacial score (nSPS) is 14.4. The van der Waals surface area contributed by atoms with Crippen molar-refractivity contribution < 1.29 is 24.2 Å². The fraction of sp³-hybridized carbons (Fsp3) is 0.333. The number of ether oxygens (including phenoxy) is 2. The second-order valence-electron chi connectivity index (χ2n) is 6.63. The van der Waals surface area contributed by atoms with Crippen molar-refractivity contribution in [3.8, 4) is 17.2 Å². The molecule has 0 saturated carbocycles. The lowest BCUT2D eigenvalue weighted by Gasteiger charge is -2.33. The van der Waals surface area contributed by atoms with Crippen LogP contribution in [0.3, 0.4) is 0 Å². The first kappa shape index (κ1) is 19.5. The first-order chi connectivity index (χ1) is 13.5. The first-order valence-electron chi connectivity index (χ1n) is 9.13. The highest BCUT2D eigenvalue weighted by Gasteiger charge is 2.28. The Balaban J connectivity index is 1.63. The van der Waals surface area contributed by atoms with Gasteiger partial charge in [-0.1, -0.05) is 12.1 Å². The summed E-state index contributed by atoms with van der Waals surface area (Å²) in [4.78, 5) is 27.1. The highest BCUT2D eigenvalue weighted by Crippen LogP contribution is 2.30. The van der Waals surface area contributed by atoms with Gasteiger partial charge in [0.15, 0.2) is 0 Å². The SMILES string of the molecule is COc1cccc(OC)c1C(=O)N1CCC(NC(=O)c2cccc(O)c2)CC1. The number of amides is 2. The Morgan fingerprint density at radius 1 is 1.04 bits per heavy atom. The van der Waals surface area contributed by atoms with Crippen LogP contribution in [0.2, 0.25) is 0 Å². The number of phenols is 1. The molecule has 148 valence electrons. The predicted molar refractivity (Wildman–Crippen MR) is 104 cm³/mol. The van der Waals surface area contributed by atoms with Gasteiger partial charge in [-0.3, -0.25) is 9.59 Å². The molecule has 28 heavy (non-hydrogen) atoms. The zero-order valence-corrected chi connectivity index (χ0v) is 16.0. The van der Waals surface area contributed by atoms with Crippen LogP contribution in [0.1, 0.15) is 33.6 Å².